The average Bonchev–Trinajstić information content (AvgIpc) is 2.40. The van der Waals surface area contributed by atoms with Gasteiger partial charge in [-0.3, -0.25) is 0 Å². The third kappa shape index (κ3) is 2.17. The molecule has 2 unspecified atom stereocenters. The Kier molecular flexibility index (Phi) is 3.34. The van der Waals surface area contributed by atoms with Gasteiger partial charge in [0.05, 0.1) is 0 Å². The molecule has 0 bridgehead atoms. The highest BCUT2D eigenvalue weighted by atomic mass is 15.0. The van der Waals surface area contributed by atoms with Crippen molar-refractivity contribution in [3.8, 4) is 0 Å². The van der Waals surface area contributed by atoms with E-state index >= 15 is 0 Å². The fraction of sp³-hybridized carbons (Fsp3) is 1.00. The predicted octanol–water partition coefficient (Wildman–Crippen LogP) is 0.840. The molecule has 1 aliphatic rings. The van der Waals surface area contributed by atoms with Crippen molar-refractivity contribution in [1.82, 2.24) is 10.6 Å². The van der Waals surface area contributed by atoms with E-state index in [-0.39, 0.29) is 0 Å². The molecule has 0 aromatic carbocycles. The van der Waals surface area contributed by atoms with Gasteiger partial charge in [0.15, 0.2) is 0 Å². The van der Waals surface area contributed by atoms with Gasteiger partial charge in [-0.1, -0.05) is 13.8 Å². The first-order valence-electron chi connectivity index (χ1n) is 4.63. The monoisotopic (exact) mass is 156 g/mol. The van der Waals surface area contributed by atoms with Crippen molar-refractivity contribution < 1.29 is 0 Å². The first-order chi connectivity index (χ1) is 5.25. The maximum Gasteiger partial charge on any atom is 0.0128 e. The minimum absolute atomic E-state index is 0.699. The van der Waals surface area contributed by atoms with E-state index < -0.39 is 0 Å². The minimum atomic E-state index is 0.699. The van der Waals surface area contributed by atoms with E-state index in [0.29, 0.717) is 6.04 Å². The summed E-state index contributed by atoms with van der Waals surface area (Å²) in [5.41, 5.74) is 0. The van der Waals surface area contributed by atoms with E-state index in [1.807, 2.05) is 0 Å². The Morgan fingerprint density at radius 3 is 2.55 bits per heavy atom. The molecule has 1 aliphatic heterocycles. The van der Waals surface area contributed by atoms with Gasteiger partial charge in [-0.05, 0) is 38.4 Å². The molecule has 0 aromatic heterocycles. The highest BCUT2D eigenvalue weighted by Gasteiger charge is 2.25. The Bertz CT molecular complexity index is 106. The van der Waals surface area contributed by atoms with E-state index in [0.717, 1.165) is 11.8 Å². The van der Waals surface area contributed by atoms with Crippen LogP contribution in [0.4, 0.5) is 0 Å². The fourth-order valence-electron chi connectivity index (χ4n) is 2.10. The number of nitrogens with one attached hydrogen (secondary N) is 2. The van der Waals surface area contributed by atoms with Crippen LogP contribution in [0, 0.1) is 11.8 Å². The van der Waals surface area contributed by atoms with Crippen LogP contribution in [0.15, 0.2) is 0 Å². The summed E-state index contributed by atoms with van der Waals surface area (Å²) < 4.78 is 0. The fourth-order valence-corrected chi connectivity index (χ4v) is 2.10. The van der Waals surface area contributed by atoms with Gasteiger partial charge in [0, 0.05) is 6.04 Å². The summed E-state index contributed by atoms with van der Waals surface area (Å²) in [6.45, 7) is 6.98. The molecule has 1 heterocycles. The number of hydrogen-bond donors (Lipinski definition) is 2. The zero-order valence-electron chi connectivity index (χ0n) is 7.85. The molecule has 1 saturated heterocycles. The van der Waals surface area contributed by atoms with E-state index in [1.54, 1.807) is 0 Å². The lowest BCUT2D eigenvalue weighted by atomic mass is 9.90. The SMILES string of the molecule is CNC(C(C)C)C1CCNC1. The molecule has 11 heavy (non-hydrogen) atoms. The summed E-state index contributed by atoms with van der Waals surface area (Å²) in [6.07, 6.45) is 1.34. The van der Waals surface area contributed by atoms with Gasteiger partial charge in [-0.2, -0.15) is 0 Å². The van der Waals surface area contributed by atoms with E-state index in [2.05, 4.69) is 31.5 Å². The molecule has 0 radical (unpaired) electrons. The van der Waals surface area contributed by atoms with Crippen molar-refractivity contribution in [2.45, 2.75) is 26.3 Å². The summed E-state index contributed by atoms with van der Waals surface area (Å²) in [7, 11) is 2.07. The largest absolute Gasteiger partial charge is 0.316 e. The summed E-state index contributed by atoms with van der Waals surface area (Å²) in [4.78, 5) is 0. The lowest BCUT2D eigenvalue weighted by Gasteiger charge is -2.25. The van der Waals surface area contributed by atoms with Crippen LogP contribution in [0.2, 0.25) is 0 Å². The quantitative estimate of drug-likeness (QED) is 0.633. The van der Waals surface area contributed by atoms with Crippen LogP contribution < -0.4 is 10.6 Å². The van der Waals surface area contributed by atoms with E-state index in [9.17, 15) is 0 Å². The molecular formula is C9H20N2. The molecule has 66 valence electrons. The Morgan fingerprint density at radius 1 is 1.45 bits per heavy atom. The van der Waals surface area contributed by atoms with Crippen LogP contribution in [0.3, 0.4) is 0 Å². The molecule has 2 nitrogen and oxygen atoms in total. The van der Waals surface area contributed by atoms with Crippen molar-refractivity contribution in [1.29, 1.82) is 0 Å². The first kappa shape index (κ1) is 9.01. The van der Waals surface area contributed by atoms with Gasteiger partial charge in [0.25, 0.3) is 0 Å². The maximum atomic E-state index is 3.40. The van der Waals surface area contributed by atoms with Gasteiger partial charge in [0.1, 0.15) is 0 Å². The molecular weight excluding hydrogens is 136 g/mol. The van der Waals surface area contributed by atoms with Gasteiger partial charge < -0.3 is 10.6 Å². The van der Waals surface area contributed by atoms with Crippen LogP contribution in [-0.4, -0.2) is 26.2 Å². The van der Waals surface area contributed by atoms with Crippen molar-refractivity contribution in [3.63, 3.8) is 0 Å². The number of rotatable bonds is 3. The molecule has 0 saturated carbocycles. The molecule has 2 heteroatoms. The van der Waals surface area contributed by atoms with Crippen LogP contribution in [0.5, 0.6) is 0 Å². The zero-order chi connectivity index (χ0) is 8.27. The summed E-state index contributed by atoms with van der Waals surface area (Å²) in [5.74, 6) is 1.60. The van der Waals surface area contributed by atoms with Crippen LogP contribution in [0.25, 0.3) is 0 Å². The molecule has 0 amide bonds. The highest BCUT2D eigenvalue weighted by molar-refractivity contribution is 4.83. The van der Waals surface area contributed by atoms with Crippen molar-refractivity contribution in [3.05, 3.63) is 0 Å². The third-order valence-electron chi connectivity index (χ3n) is 2.66. The number of hydrogen-bond acceptors (Lipinski definition) is 2. The summed E-state index contributed by atoms with van der Waals surface area (Å²) >= 11 is 0. The van der Waals surface area contributed by atoms with Crippen LogP contribution in [-0.2, 0) is 0 Å². The Morgan fingerprint density at radius 2 is 2.18 bits per heavy atom. The second kappa shape index (κ2) is 4.07. The molecule has 0 aliphatic carbocycles. The second-order valence-corrected chi connectivity index (χ2v) is 3.81. The van der Waals surface area contributed by atoms with Crippen molar-refractivity contribution >= 4 is 0 Å². The second-order valence-electron chi connectivity index (χ2n) is 3.81. The molecule has 1 rings (SSSR count). The molecule has 1 fully saturated rings. The maximum absolute atomic E-state index is 3.40. The van der Waals surface area contributed by atoms with Crippen LogP contribution in [0.1, 0.15) is 20.3 Å². The van der Waals surface area contributed by atoms with Gasteiger partial charge in [-0.15, -0.1) is 0 Å². The Labute approximate surface area is 69.8 Å². The van der Waals surface area contributed by atoms with Gasteiger partial charge in [-0.25, -0.2) is 0 Å². The van der Waals surface area contributed by atoms with E-state index in [4.69, 9.17) is 0 Å². The first-order valence-corrected chi connectivity index (χ1v) is 4.63. The minimum Gasteiger partial charge on any atom is -0.316 e. The summed E-state index contributed by atoms with van der Waals surface area (Å²) in [5, 5.41) is 6.81. The predicted molar refractivity (Wildman–Crippen MR) is 48.7 cm³/mol. The topological polar surface area (TPSA) is 24.1 Å². The average molecular weight is 156 g/mol. The normalized spacial score (nSPS) is 27.8. The molecule has 0 aromatic rings. The summed E-state index contributed by atoms with van der Waals surface area (Å²) in [6, 6.07) is 0.699. The highest BCUT2D eigenvalue weighted by Crippen LogP contribution is 2.18. The smallest absolute Gasteiger partial charge is 0.0128 e. The van der Waals surface area contributed by atoms with Crippen molar-refractivity contribution in [2.24, 2.45) is 11.8 Å². The Hall–Kier alpha value is -0.0800. The molecule has 2 atom stereocenters. The molecule has 2 N–H and O–H groups in total. The third-order valence-corrected chi connectivity index (χ3v) is 2.66. The van der Waals surface area contributed by atoms with Gasteiger partial charge >= 0.3 is 0 Å². The molecule has 0 spiro atoms. The van der Waals surface area contributed by atoms with Crippen molar-refractivity contribution in [2.75, 3.05) is 20.1 Å². The van der Waals surface area contributed by atoms with Gasteiger partial charge in [0.2, 0.25) is 0 Å². The lowest BCUT2D eigenvalue weighted by Crippen LogP contribution is -2.39. The zero-order valence-corrected chi connectivity index (χ0v) is 7.85. The Balaban J connectivity index is 2.40. The standard InChI is InChI=1S/C9H20N2/c1-7(2)9(10-3)8-4-5-11-6-8/h7-11H,4-6H2,1-3H3. The van der Waals surface area contributed by atoms with E-state index in [1.165, 1.54) is 19.5 Å². The van der Waals surface area contributed by atoms with Crippen LogP contribution >= 0.6 is 0 Å². The lowest BCUT2D eigenvalue weighted by molar-refractivity contribution is 0.315.